The van der Waals surface area contributed by atoms with E-state index in [0.717, 1.165) is 37.0 Å². The molecule has 1 saturated heterocycles. The standard InChI is InChI=1S/C28H31O3S/c29-27(21-30-25-12-14-26(15-13-25)32-18-6-1-7-19-32)31-28(16-4-5-17-28)24-11-10-22-8-2-3-9-23(22)20-24/h2-3,8-15,20H,1,4-7,16-19,21H2/q+1. The van der Waals surface area contributed by atoms with Gasteiger partial charge in [-0.05, 0) is 91.6 Å². The van der Waals surface area contributed by atoms with Gasteiger partial charge in [-0.2, -0.15) is 0 Å². The maximum absolute atomic E-state index is 12.8. The summed E-state index contributed by atoms with van der Waals surface area (Å²) < 4.78 is 11.9. The van der Waals surface area contributed by atoms with E-state index in [1.807, 2.05) is 24.3 Å². The fourth-order valence-corrected chi connectivity index (χ4v) is 7.36. The van der Waals surface area contributed by atoms with Gasteiger partial charge in [0.05, 0.1) is 0 Å². The zero-order valence-electron chi connectivity index (χ0n) is 18.6. The van der Waals surface area contributed by atoms with Crippen molar-refractivity contribution in [3.8, 4) is 5.75 Å². The summed E-state index contributed by atoms with van der Waals surface area (Å²) in [5, 5.41) is 2.39. The van der Waals surface area contributed by atoms with E-state index in [9.17, 15) is 4.79 Å². The first-order valence-corrected chi connectivity index (χ1v) is 13.4. The topological polar surface area (TPSA) is 35.5 Å². The van der Waals surface area contributed by atoms with E-state index in [1.165, 1.54) is 46.4 Å². The van der Waals surface area contributed by atoms with Gasteiger partial charge in [-0.25, -0.2) is 4.79 Å². The van der Waals surface area contributed by atoms with Crippen molar-refractivity contribution in [1.82, 2.24) is 0 Å². The summed E-state index contributed by atoms with van der Waals surface area (Å²) in [6.07, 6.45) is 7.93. The van der Waals surface area contributed by atoms with Crippen LogP contribution in [0, 0.1) is 0 Å². The molecule has 1 saturated carbocycles. The normalized spacial score (nSPS) is 18.5. The SMILES string of the molecule is O=C(COc1ccc([S+]2CCCCC2)cc1)OC1(c2ccc3ccccc3c2)CCCC1. The summed E-state index contributed by atoms with van der Waals surface area (Å²) in [6, 6.07) is 23.1. The van der Waals surface area contributed by atoms with Crippen LogP contribution in [0.2, 0.25) is 0 Å². The van der Waals surface area contributed by atoms with Gasteiger partial charge in [0, 0.05) is 10.9 Å². The molecule has 0 atom stereocenters. The van der Waals surface area contributed by atoms with Crippen LogP contribution in [-0.2, 0) is 26.0 Å². The molecule has 3 aromatic rings. The predicted octanol–water partition coefficient (Wildman–Crippen LogP) is 6.39. The molecule has 0 radical (unpaired) electrons. The number of rotatable bonds is 6. The van der Waals surface area contributed by atoms with E-state index in [-0.39, 0.29) is 12.6 Å². The molecule has 0 amide bonds. The van der Waals surface area contributed by atoms with Gasteiger partial charge in [0.2, 0.25) is 0 Å². The van der Waals surface area contributed by atoms with Gasteiger partial charge >= 0.3 is 5.97 Å². The first kappa shape index (κ1) is 21.4. The first-order chi connectivity index (χ1) is 15.7. The van der Waals surface area contributed by atoms with Crippen molar-refractivity contribution in [2.45, 2.75) is 55.4 Å². The molecule has 1 heterocycles. The molecular weight excluding hydrogens is 416 g/mol. The first-order valence-electron chi connectivity index (χ1n) is 11.8. The van der Waals surface area contributed by atoms with Crippen molar-refractivity contribution in [3.05, 3.63) is 72.3 Å². The zero-order chi connectivity index (χ0) is 21.8. The van der Waals surface area contributed by atoms with Crippen LogP contribution in [0.5, 0.6) is 5.75 Å². The Hall–Kier alpha value is -2.46. The quantitative estimate of drug-likeness (QED) is 0.324. The second-order valence-corrected chi connectivity index (χ2v) is 11.2. The maximum atomic E-state index is 12.8. The maximum Gasteiger partial charge on any atom is 0.345 e. The highest BCUT2D eigenvalue weighted by Crippen LogP contribution is 2.43. The molecule has 0 N–H and O–H groups in total. The number of esters is 1. The molecular formula is C28H31O3S+. The number of ether oxygens (including phenoxy) is 2. The molecule has 0 spiro atoms. The summed E-state index contributed by atoms with van der Waals surface area (Å²) in [5.74, 6) is 3.06. The van der Waals surface area contributed by atoms with E-state index in [1.54, 1.807) is 0 Å². The molecule has 2 fully saturated rings. The highest BCUT2D eigenvalue weighted by molar-refractivity contribution is 7.96. The van der Waals surface area contributed by atoms with Crippen molar-refractivity contribution < 1.29 is 14.3 Å². The van der Waals surface area contributed by atoms with Crippen LogP contribution in [0.15, 0.2) is 71.6 Å². The molecule has 2 aliphatic rings. The second kappa shape index (κ2) is 9.58. The Morgan fingerprint density at radius 1 is 0.812 bits per heavy atom. The van der Waals surface area contributed by atoms with E-state index >= 15 is 0 Å². The number of fused-ring (bicyclic) bond motifs is 1. The summed E-state index contributed by atoms with van der Waals surface area (Å²) >= 11 is 0. The van der Waals surface area contributed by atoms with Gasteiger partial charge in [-0.3, -0.25) is 0 Å². The Kier molecular flexibility index (Phi) is 6.40. The van der Waals surface area contributed by atoms with Crippen LogP contribution in [0.1, 0.15) is 50.5 Å². The molecule has 0 unspecified atom stereocenters. The highest BCUT2D eigenvalue weighted by atomic mass is 32.2. The van der Waals surface area contributed by atoms with Crippen LogP contribution >= 0.6 is 0 Å². The van der Waals surface area contributed by atoms with Crippen molar-refractivity contribution in [1.29, 1.82) is 0 Å². The molecule has 1 aliphatic heterocycles. The summed E-state index contributed by atoms with van der Waals surface area (Å²) in [5.41, 5.74) is 0.566. The van der Waals surface area contributed by atoms with Crippen molar-refractivity contribution in [3.63, 3.8) is 0 Å². The largest absolute Gasteiger partial charge is 0.482 e. The van der Waals surface area contributed by atoms with Crippen molar-refractivity contribution >= 4 is 27.6 Å². The van der Waals surface area contributed by atoms with Crippen LogP contribution in [0.3, 0.4) is 0 Å². The minimum atomic E-state index is -0.531. The zero-order valence-corrected chi connectivity index (χ0v) is 19.4. The Labute approximate surface area is 193 Å². The monoisotopic (exact) mass is 447 g/mol. The molecule has 0 bridgehead atoms. The average Bonchev–Trinajstić information content (AvgIpc) is 3.33. The van der Waals surface area contributed by atoms with E-state index < -0.39 is 5.60 Å². The lowest BCUT2D eigenvalue weighted by Crippen LogP contribution is -2.31. The van der Waals surface area contributed by atoms with E-state index in [2.05, 4.69) is 42.5 Å². The third-order valence-corrected chi connectivity index (χ3v) is 9.29. The fraction of sp³-hybridized carbons (Fsp3) is 0.393. The summed E-state index contributed by atoms with van der Waals surface area (Å²) in [7, 11) is 0.383. The van der Waals surface area contributed by atoms with Gasteiger partial charge in [0.1, 0.15) is 22.9 Å². The third-order valence-electron chi connectivity index (χ3n) is 6.79. The molecule has 4 heteroatoms. The molecule has 166 valence electrons. The second-order valence-electron chi connectivity index (χ2n) is 8.96. The molecule has 0 aromatic heterocycles. The van der Waals surface area contributed by atoms with Gasteiger partial charge in [-0.15, -0.1) is 0 Å². The number of carbonyl (C=O) groups excluding carboxylic acids is 1. The smallest absolute Gasteiger partial charge is 0.345 e. The van der Waals surface area contributed by atoms with Crippen LogP contribution in [-0.4, -0.2) is 24.1 Å². The Morgan fingerprint density at radius 2 is 1.53 bits per heavy atom. The molecule has 5 rings (SSSR count). The van der Waals surface area contributed by atoms with E-state index in [0.29, 0.717) is 10.9 Å². The predicted molar refractivity (Wildman–Crippen MR) is 131 cm³/mol. The molecule has 3 aromatic carbocycles. The highest BCUT2D eigenvalue weighted by Gasteiger charge is 2.39. The fourth-order valence-electron chi connectivity index (χ4n) is 5.05. The Balaban J connectivity index is 1.23. The van der Waals surface area contributed by atoms with Crippen LogP contribution in [0.25, 0.3) is 10.8 Å². The minimum Gasteiger partial charge on any atom is -0.482 e. The van der Waals surface area contributed by atoms with Crippen molar-refractivity contribution in [2.24, 2.45) is 0 Å². The van der Waals surface area contributed by atoms with Crippen LogP contribution in [0.4, 0.5) is 0 Å². The van der Waals surface area contributed by atoms with Gasteiger partial charge in [0.25, 0.3) is 0 Å². The minimum absolute atomic E-state index is 0.0552. The number of hydrogen-bond donors (Lipinski definition) is 0. The van der Waals surface area contributed by atoms with Crippen molar-refractivity contribution in [2.75, 3.05) is 18.1 Å². The lowest BCUT2D eigenvalue weighted by Gasteiger charge is -2.30. The van der Waals surface area contributed by atoms with E-state index in [4.69, 9.17) is 9.47 Å². The third kappa shape index (κ3) is 4.66. The number of benzene rings is 3. The lowest BCUT2D eigenvalue weighted by molar-refractivity contribution is -0.163. The number of hydrogen-bond acceptors (Lipinski definition) is 3. The summed E-state index contributed by atoms with van der Waals surface area (Å²) in [6.45, 7) is -0.0552. The number of carbonyl (C=O) groups is 1. The molecule has 3 nitrogen and oxygen atoms in total. The lowest BCUT2D eigenvalue weighted by atomic mass is 9.90. The van der Waals surface area contributed by atoms with Gasteiger partial charge in [0.15, 0.2) is 11.5 Å². The average molecular weight is 448 g/mol. The molecule has 32 heavy (non-hydrogen) atoms. The Morgan fingerprint density at radius 3 is 2.28 bits per heavy atom. The summed E-state index contributed by atoms with van der Waals surface area (Å²) in [4.78, 5) is 14.2. The molecule has 1 aliphatic carbocycles. The van der Waals surface area contributed by atoms with Crippen LogP contribution < -0.4 is 4.74 Å². The van der Waals surface area contributed by atoms with Gasteiger partial charge < -0.3 is 9.47 Å². The Bertz CT molecular complexity index is 1060. The van der Waals surface area contributed by atoms with Gasteiger partial charge in [-0.1, -0.05) is 36.4 Å².